The van der Waals surface area contributed by atoms with Gasteiger partial charge in [0, 0.05) is 25.3 Å². The third kappa shape index (κ3) is 4.09. The van der Waals surface area contributed by atoms with Crippen molar-refractivity contribution in [1.29, 1.82) is 0 Å². The van der Waals surface area contributed by atoms with Crippen LogP contribution in [-0.2, 0) is 0 Å². The minimum absolute atomic E-state index is 0.0762. The van der Waals surface area contributed by atoms with Crippen molar-refractivity contribution in [1.82, 2.24) is 5.32 Å². The summed E-state index contributed by atoms with van der Waals surface area (Å²) in [6.07, 6.45) is 0. The van der Waals surface area contributed by atoms with Gasteiger partial charge in [-0.3, -0.25) is 10.1 Å². The van der Waals surface area contributed by atoms with Crippen LogP contribution in [0.2, 0.25) is 0 Å². The molecule has 0 heterocycles. The molecular weight excluding hydrogens is 276 g/mol. The van der Waals surface area contributed by atoms with Crippen LogP contribution < -0.4 is 16.0 Å². The van der Waals surface area contributed by atoms with E-state index in [1.165, 1.54) is 0 Å². The number of hydrogen-bond donors (Lipinski definition) is 2. The highest BCUT2D eigenvalue weighted by atomic mass is 16.1. The third-order valence-corrected chi connectivity index (χ3v) is 3.14. The van der Waals surface area contributed by atoms with Gasteiger partial charge in [-0.15, -0.1) is 0 Å². The monoisotopic (exact) mass is 296 g/mol. The Balaban J connectivity index is 2.07. The molecule has 2 aromatic carbocycles. The van der Waals surface area contributed by atoms with Crippen molar-refractivity contribution in [2.75, 3.05) is 19.0 Å². The lowest BCUT2D eigenvalue weighted by Gasteiger charge is -2.12. The molecule has 0 aromatic heterocycles. The fourth-order valence-corrected chi connectivity index (χ4v) is 1.96. The zero-order valence-electron chi connectivity index (χ0n) is 13.0. The second-order valence-electron chi connectivity index (χ2n) is 5.23. The van der Waals surface area contributed by atoms with Crippen LogP contribution in [0.5, 0.6) is 0 Å². The number of carbonyl (C=O) groups excluding carboxylic acids is 1. The molecule has 0 saturated heterocycles. The number of amides is 1. The Morgan fingerprint density at radius 1 is 1.14 bits per heavy atom. The maximum absolute atomic E-state index is 12.1. The first-order valence-corrected chi connectivity index (χ1v) is 6.95. The molecule has 0 aliphatic rings. The maximum atomic E-state index is 12.1. The predicted molar refractivity (Wildman–Crippen MR) is 90.7 cm³/mol. The summed E-state index contributed by atoms with van der Waals surface area (Å²) in [5.74, 6) is -0.202. The summed E-state index contributed by atoms with van der Waals surface area (Å²) in [4.78, 5) is 18.3. The fraction of sp³-hybridized carbons (Fsp3) is 0.176. The standard InChI is InChI=1S/C17H20N4O/c1-12-5-4-6-14(11-12)19-17(18)20-16(22)13-7-9-15(10-8-13)21(2)3/h4-11H,1-3H3,(H3,18,19,20,22). The lowest BCUT2D eigenvalue weighted by atomic mass is 10.2. The van der Waals surface area contributed by atoms with Gasteiger partial charge in [0.05, 0.1) is 5.69 Å². The van der Waals surface area contributed by atoms with Gasteiger partial charge in [0.15, 0.2) is 0 Å². The van der Waals surface area contributed by atoms with Gasteiger partial charge >= 0.3 is 0 Å². The Labute approximate surface area is 130 Å². The maximum Gasteiger partial charge on any atom is 0.257 e. The number of nitrogens with one attached hydrogen (secondary N) is 1. The number of hydrogen-bond acceptors (Lipinski definition) is 3. The van der Waals surface area contributed by atoms with Crippen molar-refractivity contribution in [3.63, 3.8) is 0 Å². The van der Waals surface area contributed by atoms with E-state index in [1.54, 1.807) is 12.1 Å². The molecule has 0 spiro atoms. The number of aliphatic imine (C=N–C) groups is 1. The van der Waals surface area contributed by atoms with E-state index in [0.29, 0.717) is 11.3 Å². The third-order valence-electron chi connectivity index (χ3n) is 3.14. The highest BCUT2D eigenvalue weighted by molar-refractivity contribution is 6.05. The normalized spacial score (nSPS) is 11.1. The van der Waals surface area contributed by atoms with E-state index in [0.717, 1.165) is 11.3 Å². The van der Waals surface area contributed by atoms with Crippen LogP contribution >= 0.6 is 0 Å². The molecule has 0 unspecified atom stereocenters. The zero-order chi connectivity index (χ0) is 16.1. The summed E-state index contributed by atoms with van der Waals surface area (Å²) in [5.41, 5.74) is 9.14. The molecule has 0 saturated carbocycles. The van der Waals surface area contributed by atoms with Crippen LogP contribution in [-0.4, -0.2) is 26.0 Å². The van der Waals surface area contributed by atoms with Gasteiger partial charge in [0.2, 0.25) is 5.96 Å². The first-order chi connectivity index (χ1) is 10.5. The molecule has 0 atom stereocenters. The SMILES string of the molecule is Cc1cccc(N=C(N)NC(=O)c2ccc(N(C)C)cc2)c1. The van der Waals surface area contributed by atoms with Crippen molar-refractivity contribution in [2.45, 2.75) is 6.92 Å². The topological polar surface area (TPSA) is 70.7 Å². The Morgan fingerprint density at radius 2 is 1.82 bits per heavy atom. The number of guanidine groups is 1. The van der Waals surface area contributed by atoms with Gasteiger partial charge in [-0.05, 0) is 48.9 Å². The molecule has 0 bridgehead atoms. The van der Waals surface area contributed by atoms with E-state index >= 15 is 0 Å². The number of rotatable bonds is 3. The summed E-state index contributed by atoms with van der Waals surface area (Å²) >= 11 is 0. The molecule has 0 radical (unpaired) electrons. The molecule has 0 aliphatic heterocycles. The summed E-state index contributed by atoms with van der Waals surface area (Å²) in [5, 5.41) is 2.59. The molecule has 22 heavy (non-hydrogen) atoms. The molecule has 2 rings (SSSR count). The van der Waals surface area contributed by atoms with E-state index in [-0.39, 0.29) is 11.9 Å². The molecule has 1 amide bonds. The highest BCUT2D eigenvalue weighted by Gasteiger charge is 2.07. The van der Waals surface area contributed by atoms with Crippen LogP contribution in [0.15, 0.2) is 53.5 Å². The van der Waals surface area contributed by atoms with Crippen LogP contribution in [0.4, 0.5) is 11.4 Å². The fourth-order valence-electron chi connectivity index (χ4n) is 1.96. The van der Waals surface area contributed by atoms with E-state index in [4.69, 9.17) is 5.73 Å². The molecule has 0 aliphatic carbocycles. The Morgan fingerprint density at radius 3 is 2.41 bits per heavy atom. The molecule has 114 valence electrons. The summed E-state index contributed by atoms with van der Waals surface area (Å²) in [6, 6.07) is 14.9. The largest absolute Gasteiger partial charge is 0.378 e. The first kappa shape index (κ1) is 15.6. The van der Waals surface area contributed by atoms with Crippen molar-refractivity contribution in [3.8, 4) is 0 Å². The quantitative estimate of drug-likeness (QED) is 0.675. The minimum atomic E-state index is -0.279. The van der Waals surface area contributed by atoms with Crippen molar-refractivity contribution in [3.05, 3.63) is 59.7 Å². The predicted octanol–water partition coefficient (Wildman–Crippen LogP) is 2.44. The van der Waals surface area contributed by atoms with Crippen LogP contribution in [0.1, 0.15) is 15.9 Å². The number of anilines is 1. The Bertz CT molecular complexity index is 690. The lowest BCUT2D eigenvalue weighted by Crippen LogP contribution is -2.36. The van der Waals surface area contributed by atoms with E-state index < -0.39 is 0 Å². The summed E-state index contributed by atoms with van der Waals surface area (Å²) in [7, 11) is 3.89. The van der Waals surface area contributed by atoms with Crippen molar-refractivity contribution < 1.29 is 4.79 Å². The van der Waals surface area contributed by atoms with Gasteiger partial charge in [-0.25, -0.2) is 4.99 Å². The number of nitrogens with two attached hydrogens (primary N) is 1. The van der Waals surface area contributed by atoms with Crippen molar-refractivity contribution >= 4 is 23.2 Å². The number of aryl methyl sites for hydroxylation is 1. The lowest BCUT2D eigenvalue weighted by molar-refractivity contribution is 0.0976. The van der Waals surface area contributed by atoms with Crippen molar-refractivity contribution in [2.24, 2.45) is 10.7 Å². The number of benzene rings is 2. The first-order valence-electron chi connectivity index (χ1n) is 6.95. The Hall–Kier alpha value is -2.82. The molecule has 5 nitrogen and oxygen atoms in total. The summed E-state index contributed by atoms with van der Waals surface area (Å²) < 4.78 is 0. The van der Waals surface area contributed by atoms with Crippen LogP contribution in [0.25, 0.3) is 0 Å². The molecule has 3 N–H and O–H groups in total. The van der Waals surface area contributed by atoms with E-state index in [2.05, 4.69) is 10.3 Å². The molecule has 2 aromatic rings. The summed E-state index contributed by atoms with van der Waals surface area (Å²) in [6.45, 7) is 1.97. The van der Waals surface area contributed by atoms with Gasteiger partial charge in [0.1, 0.15) is 0 Å². The average Bonchev–Trinajstić information content (AvgIpc) is 2.47. The van der Waals surface area contributed by atoms with E-state index in [9.17, 15) is 4.79 Å². The molecular formula is C17H20N4O. The zero-order valence-corrected chi connectivity index (χ0v) is 13.0. The van der Waals surface area contributed by atoms with Gasteiger partial charge in [-0.1, -0.05) is 12.1 Å². The smallest absolute Gasteiger partial charge is 0.257 e. The van der Waals surface area contributed by atoms with Gasteiger partial charge in [0.25, 0.3) is 5.91 Å². The Kier molecular flexibility index (Phi) is 4.78. The van der Waals surface area contributed by atoms with E-state index in [1.807, 2.05) is 62.3 Å². The molecule has 5 heteroatoms. The number of nitrogens with zero attached hydrogens (tertiary/aromatic N) is 2. The van der Waals surface area contributed by atoms with Crippen LogP contribution in [0, 0.1) is 6.92 Å². The average molecular weight is 296 g/mol. The van der Waals surface area contributed by atoms with Gasteiger partial charge < -0.3 is 10.6 Å². The second-order valence-corrected chi connectivity index (χ2v) is 5.23. The highest BCUT2D eigenvalue weighted by Crippen LogP contribution is 2.14. The molecule has 0 fully saturated rings. The number of carbonyl (C=O) groups is 1. The second kappa shape index (κ2) is 6.76. The minimum Gasteiger partial charge on any atom is -0.378 e. The van der Waals surface area contributed by atoms with Crippen LogP contribution in [0.3, 0.4) is 0 Å². The van der Waals surface area contributed by atoms with Gasteiger partial charge in [-0.2, -0.15) is 0 Å².